The highest BCUT2D eigenvalue weighted by atomic mass is 16.3. The van der Waals surface area contributed by atoms with Gasteiger partial charge in [-0.05, 0) is 16.8 Å². The molecule has 120 valence electrons. The van der Waals surface area contributed by atoms with Gasteiger partial charge in [0, 0.05) is 5.56 Å². The van der Waals surface area contributed by atoms with E-state index in [1.807, 2.05) is 66.7 Å². The second-order valence-electron chi connectivity index (χ2n) is 5.86. The number of carbonyl (C=O) groups excluding carboxylic acids is 1. The molecule has 1 aliphatic heterocycles. The Labute approximate surface area is 142 Å². The van der Waals surface area contributed by atoms with E-state index in [1.54, 1.807) is 0 Å². The number of amides is 2. The fourth-order valence-electron chi connectivity index (χ4n) is 3.25. The van der Waals surface area contributed by atoms with Gasteiger partial charge in [-0.3, -0.25) is 0 Å². The number of urea groups is 1. The van der Waals surface area contributed by atoms with Crippen LogP contribution in [0.1, 0.15) is 11.3 Å². The molecule has 0 bridgehead atoms. The molecule has 0 spiro atoms. The van der Waals surface area contributed by atoms with Crippen molar-refractivity contribution in [3.63, 3.8) is 0 Å². The minimum Gasteiger partial charge on any atom is -0.452 e. The van der Waals surface area contributed by atoms with Gasteiger partial charge in [-0.25, -0.2) is 10.2 Å². The number of hydrazone groups is 1. The first-order valence-electron chi connectivity index (χ1n) is 7.96. The molecule has 0 radical (unpaired) electrons. The van der Waals surface area contributed by atoms with Crippen LogP contribution in [0.4, 0.5) is 10.5 Å². The van der Waals surface area contributed by atoms with E-state index in [9.17, 15) is 4.79 Å². The molecule has 0 aliphatic carbocycles. The lowest BCUT2D eigenvalue weighted by Crippen LogP contribution is -2.22. The number of fused-ring (bicyclic) bond motifs is 5. The van der Waals surface area contributed by atoms with Crippen LogP contribution in [0.15, 0.2) is 76.2 Å². The van der Waals surface area contributed by atoms with E-state index < -0.39 is 0 Å². The Morgan fingerprint density at radius 1 is 0.880 bits per heavy atom. The van der Waals surface area contributed by atoms with E-state index in [2.05, 4.69) is 15.8 Å². The Morgan fingerprint density at radius 3 is 2.56 bits per heavy atom. The molecular weight excluding hydrogens is 314 g/mol. The van der Waals surface area contributed by atoms with E-state index in [1.165, 1.54) is 0 Å². The lowest BCUT2D eigenvalue weighted by Gasteiger charge is -2.03. The van der Waals surface area contributed by atoms with Crippen molar-refractivity contribution in [1.29, 1.82) is 0 Å². The third-order valence-corrected chi connectivity index (χ3v) is 4.35. The Balaban J connectivity index is 1.87. The molecule has 3 aromatic carbocycles. The van der Waals surface area contributed by atoms with E-state index >= 15 is 0 Å². The molecule has 5 nitrogen and oxygen atoms in total. The van der Waals surface area contributed by atoms with E-state index in [-0.39, 0.29) is 6.03 Å². The smallest absolute Gasteiger partial charge is 0.339 e. The van der Waals surface area contributed by atoms with E-state index in [0.717, 1.165) is 27.3 Å². The van der Waals surface area contributed by atoms with Gasteiger partial charge in [0.25, 0.3) is 0 Å². The van der Waals surface area contributed by atoms with Gasteiger partial charge in [0.05, 0.1) is 11.1 Å². The number of carbonyl (C=O) groups is 1. The summed E-state index contributed by atoms with van der Waals surface area (Å²) in [7, 11) is 0. The second-order valence-corrected chi connectivity index (χ2v) is 5.86. The molecule has 2 amide bonds. The molecule has 0 unspecified atom stereocenters. The molecule has 5 rings (SSSR count). The fraction of sp³-hybridized carbons (Fsp3) is 0. The van der Waals surface area contributed by atoms with Crippen molar-refractivity contribution in [1.82, 2.24) is 5.43 Å². The normalized spacial score (nSPS) is 13.8. The summed E-state index contributed by atoms with van der Waals surface area (Å²) in [6.07, 6.45) is 0. The maximum absolute atomic E-state index is 12.1. The average Bonchev–Trinajstić information content (AvgIpc) is 2.93. The molecular formula is C20H13N3O2. The van der Waals surface area contributed by atoms with Crippen LogP contribution in [0.5, 0.6) is 0 Å². The van der Waals surface area contributed by atoms with Crippen molar-refractivity contribution in [2.75, 3.05) is 5.32 Å². The Morgan fingerprint density at radius 2 is 1.68 bits per heavy atom. The number of nitrogens with zero attached hydrogens (tertiary/aromatic N) is 1. The Kier molecular flexibility index (Phi) is 2.87. The van der Waals surface area contributed by atoms with Gasteiger partial charge < -0.3 is 9.73 Å². The van der Waals surface area contributed by atoms with Crippen LogP contribution in [-0.4, -0.2) is 11.7 Å². The molecule has 1 aromatic heterocycles. The quantitative estimate of drug-likeness (QED) is 0.541. The van der Waals surface area contributed by atoms with Gasteiger partial charge in [-0.1, -0.05) is 60.7 Å². The third kappa shape index (κ3) is 2.10. The molecule has 5 heteroatoms. The number of benzene rings is 3. The summed E-state index contributed by atoms with van der Waals surface area (Å²) in [4.78, 5) is 12.1. The predicted molar refractivity (Wildman–Crippen MR) is 98.0 cm³/mol. The summed E-state index contributed by atoms with van der Waals surface area (Å²) in [6, 6.07) is 21.2. The molecule has 0 saturated carbocycles. The van der Waals surface area contributed by atoms with Gasteiger partial charge in [-0.2, -0.15) is 5.10 Å². The van der Waals surface area contributed by atoms with E-state index in [4.69, 9.17) is 4.42 Å². The zero-order valence-corrected chi connectivity index (χ0v) is 13.1. The summed E-state index contributed by atoms with van der Waals surface area (Å²) in [5.41, 5.74) is 5.34. The maximum Gasteiger partial charge on any atom is 0.339 e. The predicted octanol–water partition coefficient (Wildman–Crippen LogP) is 4.47. The number of hydrogen-bond acceptors (Lipinski definition) is 3. The van der Waals surface area contributed by atoms with Crippen LogP contribution >= 0.6 is 0 Å². The van der Waals surface area contributed by atoms with Crippen LogP contribution in [0, 0.1) is 0 Å². The molecule has 0 fully saturated rings. The molecule has 2 heterocycles. The number of nitrogens with one attached hydrogen (secondary N) is 2. The summed E-state index contributed by atoms with van der Waals surface area (Å²) in [6.45, 7) is 0. The van der Waals surface area contributed by atoms with Crippen molar-refractivity contribution < 1.29 is 9.21 Å². The van der Waals surface area contributed by atoms with E-state index in [0.29, 0.717) is 17.2 Å². The summed E-state index contributed by atoms with van der Waals surface area (Å²) < 4.78 is 6.11. The van der Waals surface area contributed by atoms with Gasteiger partial charge in [-0.15, -0.1) is 0 Å². The molecule has 4 aromatic rings. The number of hydrogen-bond donors (Lipinski definition) is 2. The Hall–Kier alpha value is -3.60. The molecule has 0 saturated heterocycles. The van der Waals surface area contributed by atoms with Crippen LogP contribution in [-0.2, 0) is 0 Å². The lowest BCUT2D eigenvalue weighted by molar-refractivity contribution is 0.252. The van der Waals surface area contributed by atoms with Crippen molar-refractivity contribution in [2.24, 2.45) is 5.10 Å². The third-order valence-electron chi connectivity index (χ3n) is 4.35. The first-order chi connectivity index (χ1) is 12.3. The largest absolute Gasteiger partial charge is 0.452 e. The average molecular weight is 327 g/mol. The first kappa shape index (κ1) is 13.8. The number of anilines is 1. The Bertz CT molecular complexity index is 1160. The molecule has 2 N–H and O–H groups in total. The number of furan rings is 1. The highest BCUT2D eigenvalue weighted by molar-refractivity contribution is 6.24. The highest BCUT2D eigenvalue weighted by Gasteiger charge is 2.25. The maximum atomic E-state index is 12.1. The zero-order valence-electron chi connectivity index (χ0n) is 13.1. The first-order valence-corrected chi connectivity index (χ1v) is 7.96. The van der Waals surface area contributed by atoms with Gasteiger partial charge >= 0.3 is 6.03 Å². The van der Waals surface area contributed by atoms with Crippen molar-refractivity contribution >= 4 is 39.2 Å². The SMILES string of the molecule is O=C1NN=C(c2ccccc2)c2oc3ccc4ccccc4c3c2N1. The minimum atomic E-state index is -0.386. The van der Waals surface area contributed by atoms with Crippen LogP contribution in [0.3, 0.4) is 0 Å². The van der Waals surface area contributed by atoms with Crippen molar-refractivity contribution in [3.8, 4) is 0 Å². The van der Waals surface area contributed by atoms with Gasteiger partial charge in [0.1, 0.15) is 11.3 Å². The van der Waals surface area contributed by atoms with Gasteiger partial charge in [0.2, 0.25) is 0 Å². The fourth-order valence-corrected chi connectivity index (χ4v) is 3.25. The number of rotatable bonds is 1. The molecule has 0 atom stereocenters. The topological polar surface area (TPSA) is 66.6 Å². The van der Waals surface area contributed by atoms with Crippen molar-refractivity contribution in [2.45, 2.75) is 0 Å². The standard InChI is InChI=1S/C20H13N3O2/c24-20-21-18-16-14-9-5-4-6-12(14)10-11-15(16)25-19(18)17(22-23-20)13-7-2-1-3-8-13/h1-11H,(H2,21,23,24). The lowest BCUT2D eigenvalue weighted by atomic mass is 10.0. The molecule has 25 heavy (non-hydrogen) atoms. The van der Waals surface area contributed by atoms with Crippen LogP contribution in [0.2, 0.25) is 0 Å². The zero-order chi connectivity index (χ0) is 16.8. The summed E-state index contributed by atoms with van der Waals surface area (Å²) in [5.74, 6) is 0.552. The monoisotopic (exact) mass is 327 g/mol. The molecule has 1 aliphatic rings. The summed E-state index contributed by atoms with van der Waals surface area (Å²) in [5, 5.41) is 10.1. The highest BCUT2D eigenvalue weighted by Crippen LogP contribution is 2.38. The van der Waals surface area contributed by atoms with Crippen molar-refractivity contribution in [3.05, 3.63) is 78.1 Å². The van der Waals surface area contributed by atoms with Crippen LogP contribution in [0.25, 0.3) is 21.7 Å². The van der Waals surface area contributed by atoms with Gasteiger partial charge in [0.15, 0.2) is 5.76 Å². The second kappa shape index (κ2) is 5.21. The minimum absolute atomic E-state index is 0.386. The van der Waals surface area contributed by atoms with Crippen LogP contribution < -0.4 is 10.7 Å². The summed E-state index contributed by atoms with van der Waals surface area (Å²) >= 11 is 0.